The van der Waals surface area contributed by atoms with E-state index in [-0.39, 0.29) is 11.9 Å². The number of aromatic nitrogens is 1. The largest absolute Gasteiger partial charge is 0.490 e. The van der Waals surface area contributed by atoms with Gasteiger partial charge in [-0.2, -0.15) is 13.2 Å². The summed E-state index contributed by atoms with van der Waals surface area (Å²) >= 11 is 0. The topological polar surface area (TPSA) is 60.2 Å². The summed E-state index contributed by atoms with van der Waals surface area (Å²) < 4.78 is 45.6. The van der Waals surface area contributed by atoms with Gasteiger partial charge in [-0.15, -0.1) is 0 Å². The van der Waals surface area contributed by atoms with Crippen LogP contribution < -0.4 is 16.0 Å². The van der Waals surface area contributed by atoms with Crippen LogP contribution in [0, 0.1) is 0 Å². The van der Waals surface area contributed by atoms with Gasteiger partial charge < -0.3 is 10.2 Å². The molecule has 0 spiro atoms. The average Bonchev–Trinajstić information content (AvgIpc) is 2.62. The molecule has 134 valence electrons. The lowest BCUT2D eigenvalue weighted by Gasteiger charge is -2.30. The van der Waals surface area contributed by atoms with Crippen LogP contribution in [0.4, 0.5) is 19.0 Å². The lowest BCUT2D eigenvalue weighted by Crippen LogP contribution is -2.25. The maximum Gasteiger partial charge on any atom is 0.423 e. The van der Waals surface area contributed by atoms with Gasteiger partial charge in [0, 0.05) is 6.20 Å². The molecule has 0 aliphatic heterocycles. The molecular formula is C18H20F3N3O. The molecule has 1 aromatic heterocycles. The summed E-state index contributed by atoms with van der Waals surface area (Å²) in [6.07, 6.45) is -0.363. The van der Waals surface area contributed by atoms with E-state index in [1.54, 1.807) is 0 Å². The zero-order valence-corrected chi connectivity index (χ0v) is 13.6. The number of nitrogens with one attached hydrogen (secondary N) is 1. The lowest BCUT2D eigenvalue weighted by atomic mass is 9.83. The molecular weight excluding hydrogens is 331 g/mol. The molecule has 0 radical (unpaired) electrons. The molecule has 1 saturated carbocycles. The Balaban J connectivity index is 1.70. The van der Waals surface area contributed by atoms with Crippen molar-refractivity contribution in [3.05, 3.63) is 53.7 Å². The summed E-state index contributed by atoms with van der Waals surface area (Å²) in [6.45, 7) is 0. The number of nitrogen functional groups attached to an aromatic ring is 1. The molecule has 7 heteroatoms. The average molecular weight is 351 g/mol. The fourth-order valence-corrected chi connectivity index (χ4v) is 3.34. The Morgan fingerprint density at radius 1 is 1.04 bits per heavy atom. The molecule has 0 atom stereocenters. The number of halogens is 3. The van der Waals surface area contributed by atoms with E-state index in [1.807, 2.05) is 23.6 Å². The monoisotopic (exact) mass is 351 g/mol. The van der Waals surface area contributed by atoms with E-state index < -0.39 is 17.6 Å². The van der Waals surface area contributed by atoms with Gasteiger partial charge in [0.2, 0.25) is 0 Å². The number of nitrogens with zero attached hydrogens (tertiary/aromatic N) is 1. The molecule has 0 bridgehead atoms. The summed E-state index contributed by atoms with van der Waals surface area (Å²) in [5.74, 6) is 4.94. The van der Waals surface area contributed by atoms with Crippen LogP contribution in [-0.2, 0) is 6.18 Å². The number of hydrogen-bond acceptors (Lipinski definition) is 4. The predicted molar refractivity (Wildman–Crippen MR) is 89.1 cm³/mol. The quantitative estimate of drug-likeness (QED) is 0.629. The molecule has 1 aromatic carbocycles. The Bertz CT molecular complexity index is 698. The number of hydrazine groups is 1. The highest BCUT2D eigenvalue weighted by Gasteiger charge is 2.39. The van der Waals surface area contributed by atoms with Crippen molar-refractivity contribution in [3.63, 3.8) is 0 Å². The Kier molecular flexibility index (Phi) is 5.13. The van der Waals surface area contributed by atoms with Crippen LogP contribution in [-0.4, -0.2) is 11.1 Å². The van der Waals surface area contributed by atoms with Crippen molar-refractivity contribution in [1.82, 2.24) is 4.98 Å². The minimum atomic E-state index is -4.59. The van der Waals surface area contributed by atoms with Crippen molar-refractivity contribution < 1.29 is 17.9 Å². The van der Waals surface area contributed by atoms with E-state index >= 15 is 0 Å². The molecule has 1 aliphatic rings. The van der Waals surface area contributed by atoms with Gasteiger partial charge in [-0.1, -0.05) is 30.3 Å². The summed E-state index contributed by atoms with van der Waals surface area (Å²) in [5, 5.41) is 0. The molecule has 3 N–H and O–H groups in total. The highest BCUT2D eigenvalue weighted by atomic mass is 19.4. The van der Waals surface area contributed by atoms with Gasteiger partial charge in [-0.3, -0.25) is 0 Å². The van der Waals surface area contributed by atoms with E-state index in [0.29, 0.717) is 18.8 Å². The van der Waals surface area contributed by atoms with Gasteiger partial charge in [0.1, 0.15) is 11.3 Å². The molecule has 0 saturated heterocycles. The summed E-state index contributed by atoms with van der Waals surface area (Å²) in [5.41, 5.74) is 2.31. The molecule has 1 heterocycles. The standard InChI is InChI=1S/C18H20F3N3O/c19-18(20,21)16-15(10-11-23-17(16)24-22)25-14-8-6-13(7-9-14)12-4-2-1-3-5-12/h1-5,10-11,13-14H,6-9,22H2,(H,23,24)/t13-,14-. The minimum Gasteiger partial charge on any atom is -0.490 e. The van der Waals surface area contributed by atoms with Crippen molar-refractivity contribution >= 4 is 5.82 Å². The highest BCUT2D eigenvalue weighted by molar-refractivity contribution is 5.52. The van der Waals surface area contributed by atoms with Gasteiger partial charge >= 0.3 is 6.18 Å². The normalized spacial score (nSPS) is 21.0. The number of benzene rings is 1. The number of ether oxygens (including phenoxy) is 1. The van der Waals surface area contributed by atoms with Crippen LogP contribution in [0.2, 0.25) is 0 Å². The van der Waals surface area contributed by atoms with Crippen LogP contribution in [0.5, 0.6) is 5.75 Å². The third-order valence-corrected chi connectivity index (χ3v) is 4.57. The van der Waals surface area contributed by atoms with E-state index in [1.165, 1.54) is 17.8 Å². The molecule has 25 heavy (non-hydrogen) atoms. The Morgan fingerprint density at radius 2 is 1.72 bits per heavy atom. The second-order valence-corrected chi connectivity index (χ2v) is 6.18. The second-order valence-electron chi connectivity index (χ2n) is 6.18. The number of rotatable bonds is 4. The van der Waals surface area contributed by atoms with Crippen LogP contribution in [0.25, 0.3) is 0 Å². The first-order valence-electron chi connectivity index (χ1n) is 8.23. The Morgan fingerprint density at radius 3 is 2.32 bits per heavy atom. The van der Waals surface area contributed by atoms with Crippen molar-refractivity contribution in [1.29, 1.82) is 0 Å². The van der Waals surface area contributed by atoms with E-state index in [4.69, 9.17) is 10.6 Å². The second kappa shape index (κ2) is 7.31. The van der Waals surface area contributed by atoms with Gasteiger partial charge in [0.15, 0.2) is 5.82 Å². The van der Waals surface area contributed by atoms with E-state index in [0.717, 1.165) is 12.8 Å². The zero-order valence-electron chi connectivity index (χ0n) is 13.6. The maximum absolute atomic E-state index is 13.3. The summed E-state index contributed by atoms with van der Waals surface area (Å²) in [6, 6.07) is 11.4. The van der Waals surface area contributed by atoms with Crippen LogP contribution in [0.3, 0.4) is 0 Å². The molecule has 1 aliphatic carbocycles. The van der Waals surface area contributed by atoms with Gasteiger partial charge in [0.05, 0.1) is 6.10 Å². The zero-order chi connectivity index (χ0) is 17.9. The SMILES string of the molecule is NNc1nccc(O[C@H]2CC[C@H](c3ccccc3)CC2)c1C(F)(F)F. The molecule has 1 fully saturated rings. The third kappa shape index (κ3) is 4.04. The predicted octanol–water partition coefficient (Wildman–Crippen LogP) is 4.49. The van der Waals surface area contributed by atoms with Crippen molar-refractivity contribution in [2.24, 2.45) is 5.84 Å². The molecule has 0 unspecified atom stereocenters. The van der Waals surface area contributed by atoms with Crippen LogP contribution in [0.15, 0.2) is 42.6 Å². The first kappa shape index (κ1) is 17.5. The van der Waals surface area contributed by atoms with Crippen LogP contribution in [0.1, 0.15) is 42.7 Å². The third-order valence-electron chi connectivity index (χ3n) is 4.57. The lowest BCUT2D eigenvalue weighted by molar-refractivity contribution is -0.139. The molecule has 0 amide bonds. The van der Waals surface area contributed by atoms with Gasteiger partial charge in [-0.05, 0) is 43.2 Å². The number of nitrogens with two attached hydrogens (primary N) is 1. The van der Waals surface area contributed by atoms with Crippen molar-refractivity contribution in [2.45, 2.75) is 43.9 Å². The number of alkyl halides is 3. The summed E-state index contributed by atoms with van der Waals surface area (Å²) in [4.78, 5) is 3.63. The van der Waals surface area contributed by atoms with Crippen LogP contribution >= 0.6 is 0 Å². The Hall–Kier alpha value is -2.28. The molecule has 4 nitrogen and oxygen atoms in total. The fraction of sp³-hybridized carbons (Fsp3) is 0.389. The van der Waals surface area contributed by atoms with Crippen molar-refractivity contribution in [3.8, 4) is 5.75 Å². The van der Waals surface area contributed by atoms with Gasteiger partial charge in [-0.25, -0.2) is 10.8 Å². The number of pyridine rings is 1. The minimum absolute atomic E-state index is 0.224. The van der Waals surface area contributed by atoms with Gasteiger partial charge in [0.25, 0.3) is 0 Å². The van der Waals surface area contributed by atoms with E-state index in [9.17, 15) is 13.2 Å². The fourth-order valence-electron chi connectivity index (χ4n) is 3.34. The highest BCUT2D eigenvalue weighted by Crippen LogP contribution is 2.42. The molecule has 2 aromatic rings. The number of hydrogen-bond donors (Lipinski definition) is 2. The molecule has 3 rings (SSSR count). The first-order valence-corrected chi connectivity index (χ1v) is 8.23. The maximum atomic E-state index is 13.3. The Labute approximate surface area is 144 Å². The van der Waals surface area contributed by atoms with Crippen molar-refractivity contribution in [2.75, 3.05) is 5.43 Å². The first-order chi connectivity index (χ1) is 12.0. The number of anilines is 1. The summed E-state index contributed by atoms with van der Waals surface area (Å²) in [7, 11) is 0. The smallest absolute Gasteiger partial charge is 0.423 e. The van der Waals surface area contributed by atoms with E-state index in [2.05, 4.69) is 17.1 Å².